The molecule has 22 heavy (non-hydrogen) atoms. The molecule has 0 unspecified atom stereocenters. The Hall–Kier alpha value is -2.75. The summed E-state index contributed by atoms with van der Waals surface area (Å²) in [7, 11) is 1.61. The highest BCUT2D eigenvalue weighted by molar-refractivity contribution is 6.34. The summed E-state index contributed by atoms with van der Waals surface area (Å²) in [6.07, 6.45) is 1.86. The van der Waals surface area contributed by atoms with E-state index in [0.717, 1.165) is 16.8 Å². The summed E-state index contributed by atoms with van der Waals surface area (Å²) < 4.78 is 10.8. The normalized spacial score (nSPS) is 14.6. The number of ether oxygens (including phenoxy) is 2. The van der Waals surface area contributed by atoms with Gasteiger partial charge in [0.25, 0.3) is 5.91 Å². The molecule has 4 heteroatoms. The van der Waals surface area contributed by atoms with E-state index in [2.05, 4.69) is 5.32 Å². The Morgan fingerprint density at radius 1 is 1.14 bits per heavy atom. The van der Waals surface area contributed by atoms with Crippen LogP contribution in [0.4, 0.5) is 5.69 Å². The second-order valence-electron chi connectivity index (χ2n) is 4.90. The highest BCUT2D eigenvalue weighted by Gasteiger charge is 2.23. The number of nitrogens with one attached hydrogen (secondary N) is 1. The molecular weight excluding hydrogens is 278 g/mol. The van der Waals surface area contributed by atoms with E-state index in [4.69, 9.17) is 9.47 Å². The maximum absolute atomic E-state index is 12.1. The number of hydrogen-bond donors (Lipinski definition) is 1. The SMILES string of the molecule is CCOc1cc(C=C2C(=O)Nc3ccccc32)ccc1OC. The number of hydrogen-bond acceptors (Lipinski definition) is 3. The number of anilines is 1. The third-order valence-electron chi connectivity index (χ3n) is 3.51. The van der Waals surface area contributed by atoms with E-state index in [1.165, 1.54) is 0 Å². The molecule has 1 aliphatic heterocycles. The van der Waals surface area contributed by atoms with Gasteiger partial charge in [0.05, 0.1) is 13.7 Å². The number of methoxy groups -OCH3 is 1. The Kier molecular flexibility index (Phi) is 3.83. The van der Waals surface area contributed by atoms with Crippen LogP contribution in [0, 0.1) is 0 Å². The molecule has 0 aromatic heterocycles. The molecule has 0 aliphatic carbocycles. The molecule has 3 rings (SSSR count). The zero-order chi connectivity index (χ0) is 15.5. The predicted octanol–water partition coefficient (Wildman–Crippen LogP) is 3.59. The fourth-order valence-corrected chi connectivity index (χ4v) is 2.50. The molecule has 0 atom stereocenters. The highest BCUT2D eigenvalue weighted by Crippen LogP contribution is 2.34. The maximum atomic E-state index is 12.1. The van der Waals surface area contributed by atoms with Crippen LogP contribution in [0.25, 0.3) is 11.6 Å². The second-order valence-corrected chi connectivity index (χ2v) is 4.90. The molecule has 0 fully saturated rings. The summed E-state index contributed by atoms with van der Waals surface area (Å²) in [6, 6.07) is 13.3. The molecule has 0 spiro atoms. The van der Waals surface area contributed by atoms with Crippen LogP contribution in [0.3, 0.4) is 0 Å². The molecule has 4 nitrogen and oxygen atoms in total. The minimum absolute atomic E-state index is 0.0880. The summed E-state index contributed by atoms with van der Waals surface area (Å²) in [6.45, 7) is 2.48. The number of benzene rings is 2. The molecule has 1 aliphatic rings. The van der Waals surface area contributed by atoms with Gasteiger partial charge in [0.15, 0.2) is 11.5 Å². The molecule has 112 valence electrons. The van der Waals surface area contributed by atoms with E-state index in [-0.39, 0.29) is 5.91 Å². The van der Waals surface area contributed by atoms with Gasteiger partial charge in [0.1, 0.15) is 0 Å². The zero-order valence-electron chi connectivity index (χ0n) is 12.6. The largest absolute Gasteiger partial charge is 0.493 e. The third kappa shape index (κ3) is 2.55. The lowest BCUT2D eigenvalue weighted by Gasteiger charge is -2.10. The van der Waals surface area contributed by atoms with Crippen LogP contribution in [0.1, 0.15) is 18.1 Å². The predicted molar refractivity (Wildman–Crippen MR) is 87.1 cm³/mol. The van der Waals surface area contributed by atoms with Crippen LogP contribution in [0.2, 0.25) is 0 Å². The first kappa shape index (κ1) is 14.2. The first-order valence-electron chi connectivity index (χ1n) is 7.16. The molecule has 1 N–H and O–H groups in total. The van der Waals surface area contributed by atoms with Crippen LogP contribution in [-0.4, -0.2) is 19.6 Å². The van der Waals surface area contributed by atoms with Crippen molar-refractivity contribution < 1.29 is 14.3 Å². The van der Waals surface area contributed by atoms with Gasteiger partial charge in [-0.05, 0) is 36.8 Å². The van der Waals surface area contributed by atoms with Gasteiger partial charge in [0.2, 0.25) is 0 Å². The molecule has 1 heterocycles. The van der Waals surface area contributed by atoms with Crippen molar-refractivity contribution >= 4 is 23.2 Å². The Bertz CT molecular complexity index is 750. The molecule has 0 bridgehead atoms. The van der Waals surface area contributed by atoms with Crippen molar-refractivity contribution in [3.05, 3.63) is 53.6 Å². The topological polar surface area (TPSA) is 47.6 Å². The number of carbonyl (C=O) groups excluding carboxylic acids is 1. The molecule has 0 saturated carbocycles. The van der Waals surface area contributed by atoms with Crippen molar-refractivity contribution in [3.8, 4) is 11.5 Å². The van der Waals surface area contributed by atoms with Gasteiger partial charge >= 0.3 is 0 Å². The summed E-state index contributed by atoms with van der Waals surface area (Å²) >= 11 is 0. The Balaban J connectivity index is 2.02. The summed E-state index contributed by atoms with van der Waals surface area (Å²) in [5, 5.41) is 2.87. The van der Waals surface area contributed by atoms with Gasteiger partial charge in [-0.15, -0.1) is 0 Å². The quantitative estimate of drug-likeness (QED) is 0.877. The van der Waals surface area contributed by atoms with E-state index >= 15 is 0 Å². The van der Waals surface area contributed by atoms with Gasteiger partial charge < -0.3 is 14.8 Å². The first-order valence-corrected chi connectivity index (χ1v) is 7.16. The van der Waals surface area contributed by atoms with Crippen LogP contribution < -0.4 is 14.8 Å². The lowest BCUT2D eigenvalue weighted by molar-refractivity contribution is -0.110. The summed E-state index contributed by atoms with van der Waals surface area (Å²) in [4.78, 5) is 12.1. The van der Waals surface area contributed by atoms with Gasteiger partial charge in [-0.1, -0.05) is 24.3 Å². The summed E-state index contributed by atoms with van der Waals surface area (Å²) in [5.41, 5.74) is 3.31. The molecule has 0 saturated heterocycles. The second kappa shape index (κ2) is 5.93. The van der Waals surface area contributed by atoms with Gasteiger partial charge in [0, 0.05) is 16.8 Å². The van der Waals surface area contributed by atoms with Crippen LogP contribution in [0.15, 0.2) is 42.5 Å². The van der Waals surface area contributed by atoms with Crippen molar-refractivity contribution in [1.29, 1.82) is 0 Å². The van der Waals surface area contributed by atoms with E-state index < -0.39 is 0 Å². The van der Waals surface area contributed by atoms with Crippen LogP contribution >= 0.6 is 0 Å². The van der Waals surface area contributed by atoms with Crippen molar-refractivity contribution in [1.82, 2.24) is 0 Å². The molecule has 1 amide bonds. The first-order chi connectivity index (χ1) is 10.7. The number of carbonyl (C=O) groups is 1. The van der Waals surface area contributed by atoms with Crippen LogP contribution in [-0.2, 0) is 4.79 Å². The smallest absolute Gasteiger partial charge is 0.256 e. The van der Waals surface area contributed by atoms with E-state index in [1.807, 2.05) is 55.5 Å². The van der Waals surface area contributed by atoms with Crippen molar-refractivity contribution in [2.75, 3.05) is 19.0 Å². The average molecular weight is 295 g/mol. The average Bonchev–Trinajstić information content (AvgIpc) is 2.84. The monoisotopic (exact) mass is 295 g/mol. The maximum Gasteiger partial charge on any atom is 0.256 e. The van der Waals surface area contributed by atoms with E-state index in [0.29, 0.717) is 23.7 Å². The van der Waals surface area contributed by atoms with E-state index in [1.54, 1.807) is 7.11 Å². The molecule has 2 aromatic rings. The third-order valence-corrected chi connectivity index (χ3v) is 3.51. The lowest BCUT2D eigenvalue weighted by Crippen LogP contribution is -2.03. The minimum atomic E-state index is -0.0880. The van der Waals surface area contributed by atoms with Gasteiger partial charge in [-0.2, -0.15) is 0 Å². The van der Waals surface area contributed by atoms with Crippen LogP contribution in [0.5, 0.6) is 11.5 Å². The Labute approximate surface area is 129 Å². The number of amides is 1. The Morgan fingerprint density at radius 3 is 2.73 bits per heavy atom. The minimum Gasteiger partial charge on any atom is -0.493 e. The molecular formula is C18H17NO3. The van der Waals surface area contributed by atoms with Crippen molar-refractivity contribution in [3.63, 3.8) is 0 Å². The number of fused-ring (bicyclic) bond motifs is 1. The van der Waals surface area contributed by atoms with E-state index in [9.17, 15) is 4.79 Å². The molecule has 2 aromatic carbocycles. The lowest BCUT2D eigenvalue weighted by atomic mass is 10.0. The standard InChI is InChI=1S/C18H17NO3/c1-3-22-17-11-12(8-9-16(17)21-2)10-14-13-6-4-5-7-15(13)19-18(14)20/h4-11H,3H2,1-2H3,(H,19,20). The van der Waals surface area contributed by atoms with Crippen molar-refractivity contribution in [2.45, 2.75) is 6.92 Å². The van der Waals surface area contributed by atoms with Gasteiger partial charge in [-0.3, -0.25) is 4.79 Å². The number of para-hydroxylation sites is 1. The van der Waals surface area contributed by atoms with Crippen molar-refractivity contribution in [2.24, 2.45) is 0 Å². The molecule has 0 radical (unpaired) electrons. The number of rotatable bonds is 4. The Morgan fingerprint density at radius 2 is 1.95 bits per heavy atom. The fourth-order valence-electron chi connectivity index (χ4n) is 2.50. The fraction of sp³-hybridized carbons (Fsp3) is 0.167. The van der Waals surface area contributed by atoms with Gasteiger partial charge in [-0.25, -0.2) is 0 Å². The summed E-state index contributed by atoms with van der Waals surface area (Å²) in [5.74, 6) is 1.27. The highest BCUT2D eigenvalue weighted by atomic mass is 16.5. The zero-order valence-corrected chi connectivity index (χ0v) is 12.6.